The second-order valence-electron chi connectivity index (χ2n) is 12.2. The first kappa shape index (κ1) is 44.7. The van der Waals surface area contributed by atoms with Crippen LogP contribution in [-0.4, -0.2) is 22.2 Å². The highest BCUT2D eigenvalue weighted by molar-refractivity contribution is 7.59. The van der Waals surface area contributed by atoms with E-state index in [2.05, 4.69) is 13.8 Å². The number of rotatable bonds is 32. The summed E-state index contributed by atoms with van der Waals surface area (Å²) in [5.41, 5.74) is 0. The number of aliphatic carboxylic acids is 2. The normalized spacial score (nSPS) is 10.6. The van der Waals surface area contributed by atoms with Crippen molar-refractivity contribution in [2.75, 3.05) is 0 Å². The van der Waals surface area contributed by atoms with E-state index in [1.165, 1.54) is 167 Å². The molecule has 0 aliphatic rings. The van der Waals surface area contributed by atoms with Crippen molar-refractivity contribution in [2.24, 2.45) is 0 Å². The van der Waals surface area contributed by atoms with Crippen LogP contribution in [0.2, 0.25) is 0 Å². The number of carbonyl (C=O) groups is 2. The van der Waals surface area contributed by atoms with Gasteiger partial charge in [-0.15, -0.1) is 0 Å². The van der Waals surface area contributed by atoms with Crippen molar-refractivity contribution in [1.82, 2.24) is 0 Å². The summed E-state index contributed by atoms with van der Waals surface area (Å²) >= 11 is 0. The number of unbranched alkanes of at least 4 members (excludes halogenated alkanes) is 28. The Hall–Kier alpha value is -0.710. The molecule has 0 atom stereocenters. The number of hydrogen-bond donors (Lipinski definition) is 2. The minimum Gasteiger partial charge on any atom is -0.481 e. The Morgan fingerprint density at radius 1 is 0.317 bits per heavy atom. The molecule has 0 aromatic heterocycles. The number of carboxylic acids is 2. The summed E-state index contributed by atoms with van der Waals surface area (Å²) in [6.07, 6.45) is 40.4. The van der Waals surface area contributed by atoms with Crippen LogP contribution in [0.1, 0.15) is 219 Å². The van der Waals surface area contributed by atoms with Gasteiger partial charge in [0.1, 0.15) is 0 Å². The molecule has 0 unspecified atom stereocenters. The zero-order valence-electron chi connectivity index (χ0n) is 27.8. The molecule has 0 radical (unpaired) electrons. The fraction of sp³-hybridized carbons (Fsp3) is 0.944. The van der Waals surface area contributed by atoms with Gasteiger partial charge in [-0.2, -0.15) is 13.5 Å². The highest BCUT2D eigenvalue weighted by Gasteiger charge is 1.98. The Kier molecular flexibility index (Phi) is 45.2. The Balaban J connectivity index is -0.000000688. The Morgan fingerprint density at radius 2 is 0.463 bits per heavy atom. The molecule has 0 amide bonds. The lowest BCUT2D eigenvalue weighted by molar-refractivity contribution is -0.138. The van der Waals surface area contributed by atoms with Gasteiger partial charge in [-0.1, -0.05) is 194 Å². The van der Waals surface area contributed by atoms with E-state index in [-0.39, 0.29) is 13.5 Å². The second-order valence-corrected chi connectivity index (χ2v) is 12.2. The molecule has 0 saturated carbocycles. The van der Waals surface area contributed by atoms with Gasteiger partial charge in [-0.3, -0.25) is 9.59 Å². The van der Waals surface area contributed by atoms with Gasteiger partial charge in [0.15, 0.2) is 0 Å². The van der Waals surface area contributed by atoms with Crippen LogP contribution in [0, 0.1) is 0 Å². The molecule has 0 aliphatic carbocycles. The van der Waals surface area contributed by atoms with Crippen LogP contribution in [0.4, 0.5) is 0 Å². The first-order chi connectivity index (χ1) is 19.5. The standard InChI is InChI=1S/2C18H36O2.H2S/c2*1-2-3-4-5-6-7-8-9-10-11-12-13-14-15-16-17-18(19)20;/h2*2-17H2,1H3,(H,19,20);1H2. The minimum absolute atomic E-state index is 0. The van der Waals surface area contributed by atoms with E-state index in [0.717, 1.165) is 25.7 Å². The maximum atomic E-state index is 10.3. The third kappa shape index (κ3) is 49.3. The van der Waals surface area contributed by atoms with Crippen LogP contribution >= 0.6 is 13.5 Å². The van der Waals surface area contributed by atoms with Crippen molar-refractivity contribution in [2.45, 2.75) is 219 Å². The number of hydrogen-bond acceptors (Lipinski definition) is 2. The molecular weight excluding hydrogens is 528 g/mol. The van der Waals surface area contributed by atoms with Gasteiger partial charge >= 0.3 is 11.9 Å². The van der Waals surface area contributed by atoms with Gasteiger partial charge in [0.2, 0.25) is 0 Å². The smallest absolute Gasteiger partial charge is 0.303 e. The molecule has 0 heterocycles. The van der Waals surface area contributed by atoms with Crippen LogP contribution in [0.15, 0.2) is 0 Å². The van der Waals surface area contributed by atoms with Gasteiger partial charge < -0.3 is 10.2 Å². The molecule has 0 saturated heterocycles. The second kappa shape index (κ2) is 41.4. The Morgan fingerprint density at radius 3 is 0.610 bits per heavy atom. The first-order valence-electron chi connectivity index (χ1n) is 18.0. The average molecular weight is 603 g/mol. The van der Waals surface area contributed by atoms with Crippen molar-refractivity contribution in [3.8, 4) is 0 Å². The summed E-state index contributed by atoms with van der Waals surface area (Å²) < 4.78 is 0. The first-order valence-corrected chi connectivity index (χ1v) is 18.0. The molecule has 4 nitrogen and oxygen atoms in total. The highest BCUT2D eigenvalue weighted by Crippen LogP contribution is 2.15. The largest absolute Gasteiger partial charge is 0.481 e. The van der Waals surface area contributed by atoms with E-state index in [9.17, 15) is 9.59 Å². The monoisotopic (exact) mass is 603 g/mol. The van der Waals surface area contributed by atoms with Crippen molar-refractivity contribution >= 4 is 25.4 Å². The molecule has 0 spiro atoms. The predicted molar refractivity (Wildman–Crippen MR) is 185 cm³/mol. The molecule has 0 fully saturated rings. The SMILES string of the molecule is CCCCCCCCCCCCCCCCCC(=O)O.CCCCCCCCCCCCCCCCCC(=O)O.S. The molecule has 41 heavy (non-hydrogen) atoms. The predicted octanol–water partition coefficient (Wildman–Crippen LogP) is 12.8. The highest BCUT2D eigenvalue weighted by atomic mass is 32.1. The van der Waals surface area contributed by atoms with Crippen LogP contribution in [0.25, 0.3) is 0 Å². The third-order valence-electron chi connectivity index (χ3n) is 7.99. The molecule has 2 N–H and O–H groups in total. The minimum atomic E-state index is -0.653. The topological polar surface area (TPSA) is 74.6 Å². The van der Waals surface area contributed by atoms with E-state index >= 15 is 0 Å². The van der Waals surface area contributed by atoms with Crippen LogP contribution in [-0.2, 0) is 9.59 Å². The number of carboxylic acid groups (broad SMARTS) is 2. The van der Waals surface area contributed by atoms with Gasteiger partial charge in [0, 0.05) is 12.8 Å². The van der Waals surface area contributed by atoms with E-state index < -0.39 is 11.9 Å². The lowest BCUT2D eigenvalue weighted by atomic mass is 10.0. The van der Waals surface area contributed by atoms with Crippen molar-refractivity contribution in [1.29, 1.82) is 0 Å². The molecule has 5 heteroatoms. The maximum Gasteiger partial charge on any atom is 0.303 e. The van der Waals surface area contributed by atoms with E-state index in [4.69, 9.17) is 10.2 Å². The summed E-state index contributed by atoms with van der Waals surface area (Å²) in [4.78, 5) is 20.7. The van der Waals surface area contributed by atoms with Crippen LogP contribution < -0.4 is 0 Å². The average Bonchev–Trinajstić information content (AvgIpc) is 2.93. The molecule has 0 bridgehead atoms. The summed E-state index contributed by atoms with van der Waals surface area (Å²) in [6, 6.07) is 0. The van der Waals surface area contributed by atoms with E-state index in [0.29, 0.717) is 12.8 Å². The quantitative estimate of drug-likeness (QED) is 0.0751. The summed E-state index contributed by atoms with van der Waals surface area (Å²) in [6.45, 7) is 4.54. The van der Waals surface area contributed by atoms with Gasteiger partial charge in [0.25, 0.3) is 0 Å². The molecule has 0 aromatic rings. The fourth-order valence-corrected chi connectivity index (χ4v) is 5.30. The van der Waals surface area contributed by atoms with Crippen molar-refractivity contribution in [3.63, 3.8) is 0 Å². The summed E-state index contributed by atoms with van der Waals surface area (Å²) in [5, 5.41) is 17.0. The van der Waals surface area contributed by atoms with Gasteiger partial charge in [-0.05, 0) is 12.8 Å². The molecular formula is C36H74O4S. The maximum absolute atomic E-state index is 10.3. The lowest BCUT2D eigenvalue weighted by Gasteiger charge is -2.03. The lowest BCUT2D eigenvalue weighted by Crippen LogP contribution is -1.93. The Labute approximate surface area is 264 Å². The van der Waals surface area contributed by atoms with Crippen molar-refractivity contribution < 1.29 is 19.8 Å². The molecule has 0 aromatic carbocycles. The van der Waals surface area contributed by atoms with E-state index in [1.54, 1.807) is 0 Å². The summed E-state index contributed by atoms with van der Waals surface area (Å²) in [5.74, 6) is -1.31. The summed E-state index contributed by atoms with van der Waals surface area (Å²) in [7, 11) is 0. The van der Waals surface area contributed by atoms with Crippen LogP contribution in [0.3, 0.4) is 0 Å². The van der Waals surface area contributed by atoms with Gasteiger partial charge in [-0.25, -0.2) is 0 Å². The van der Waals surface area contributed by atoms with E-state index in [1.807, 2.05) is 0 Å². The molecule has 0 rings (SSSR count). The molecule has 0 aliphatic heterocycles. The zero-order chi connectivity index (χ0) is 29.8. The fourth-order valence-electron chi connectivity index (χ4n) is 5.30. The Bertz CT molecular complexity index is 454. The van der Waals surface area contributed by atoms with Gasteiger partial charge in [0.05, 0.1) is 0 Å². The third-order valence-corrected chi connectivity index (χ3v) is 7.99. The van der Waals surface area contributed by atoms with Crippen LogP contribution in [0.5, 0.6) is 0 Å². The molecule has 248 valence electrons. The van der Waals surface area contributed by atoms with Crippen molar-refractivity contribution in [3.05, 3.63) is 0 Å². The zero-order valence-corrected chi connectivity index (χ0v) is 28.8.